The van der Waals surface area contributed by atoms with Crippen LogP contribution in [0.2, 0.25) is 0 Å². The molecule has 2 amide bonds. The molecule has 88 valence electrons. The Kier molecular flexibility index (Phi) is 3.97. The van der Waals surface area contributed by atoms with Crippen LogP contribution in [-0.2, 0) is 0 Å². The Morgan fingerprint density at radius 3 is 2.47 bits per heavy atom. The van der Waals surface area contributed by atoms with Gasteiger partial charge < -0.3 is 16.0 Å². The Hall–Kier alpha value is -0.770. The standard InChI is InChI=1S/C11H23N3O/c1-9(8-12)13-10(15)14-6-4-11(2,3)5-7-14/h9H,4-8,12H2,1-3H3,(H,13,15). The molecule has 0 aromatic rings. The van der Waals surface area contributed by atoms with Crippen molar-refractivity contribution in [1.29, 1.82) is 0 Å². The molecule has 0 aromatic carbocycles. The Balaban J connectivity index is 2.36. The summed E-state index contributed by atoms with van der Waals surface area (Å²) in [7, 11) is 0. The normalized spacial score (nSPS) is 22.3. The SMILES string of the molecule is CC(CN)NC(=O)N1CCC(C)(C)CC1. The number of hydrogen-bond donors (Lipinski definition) is 2. The van der Waals surface area contributed by atoms with E-state index in [2.05, 4.69) is 19.2 Å². The largest absolute Gasteiger partial charge is 0.334 e. The third-order valence-electron chi connectivity index (χ3n) is 3.13. The molecule has 1 fully saturated rings. The summed E-state index contributed by atoms with van der Waals surface area (Å²) in [6.07, 6.45) is 2.16. The molecule has 1 saturated heterocycles. The zero-order valence-corrected chi connectivity index (χ0v) is 10.0. The molecular weight excluding hydrogens is 190 g/mol. The van der Waals surface area contributed by atoms with E-state index in [1.807, 2.05) is 11.8 Å². The summed E-state index contributed by atoms with van der Waals surface area (Å²) in [5, 5.41) is 2.89. The van der Waals surface area contributed by atoms with Crippen molar-refractivity contribution in [3.63, 3.8) is 0 Å². The van der Waals surface area contributed by atoms with Crippen molar-refractivity contribution < 1.29 is 4.79 Å². The van der Waals surface area contributed by atoms with E-state index in [0.717, 1.165) is 25.9 Å². The van der Waals surface area contributed by atoms with E-state index in [0.29, 0.717) is 12.0 Å². The van der Waals surface area contributed by atoms with Gasteiger partial charge in [-0.25, -0.2) is 4.79 Å². The highest BCUT2D eigenvalue weighted by Gasteiger charge is 2.27. The molecule has 1 aliphatic rings. The summed E-state index contributed by atoms with van der Waals surface area (Å²) < 4.78 is 0. The van der Waals surface area contributed by atoms with Gasteiger partial charge in [0.1, 0.15) is 0 Å². The predicted octanol–water partition coefficient (Wildman–Crippen LogP) is 1.17. The van der Waals surface area contributed by atoms with Crippen molar-refractivity contribution >= 4 is 6.03 Å². The van der Waals surface area contributed by atoms with Crippen LogP contribution in [-0.4, -0.2) is 36.6 Å². The second-order valence-corrected chi connectivity index (χ2v) is 5.24. The van der Waals surface area contributed by atoms with Crippen LogP contribution in [0.4, 0.5) is 4.79 Å². The molecule has 15 heavy (non-hydrogen) atoms. The Morgan fingerprint density at radius 2 is 2.00 bits per heavy atom. The minimum Gasteiger partial charge on any atom is -0.334 e. The van der Waals surface area contributed by atoms with Gasteiger partial charge in [0, 0.05) is 25.7 Å². The number of urea groups is 1. The molecule has 0 aliphatic carbocycles. The number of rotatable bonds is 2. The molecule has 4 nitrogen and oxygen atoms in total. The zero-order chi connectivity index (χ0) is 11.5. The van der Waals surface area contributed by atoms with Crippen LogP contribution in [0.25, 0.3) is 0 Å². The number of nitrogens with one attached hydrogen (secondary N) is 1. The van der Waals surface area contributed by atoms with Gasteiger partial charge in [-0.3, -0.25) is 0 Å². The number of likely N-dealkylation sites (tertiary alicyclic amines) is 1. The summed E-state index contributed by atoms with van der Waals surface area (Å²) in [6.45, 7) is 8.64. The molecule has 3 N–H and O–H groups in total. The van der Waals surface area contributed by atoms with Crippen LogP contribution < -0.4 is 11.1 Å². The van der Waals surface area contributed by atoms with E-state index in [1.54, 1.807) is 0 Å². The maximum absolute atomic E-state index is 11.7. The summed E-state index contributed by atoms with van der Waals surface area (Å²) in [5.74, 6) is 0. The molecular formula is C11H23N3O. The van der Waals surface area contributed by atoms with Crippen molar-refractivity contribution in [3.05, 3.63) is 0 Å². The van der Waals surface area contributed by atoms with Crippen molar-refractivity contribution in [2.45, 2.75) is 39.7 Å². The van der Waals surface area contributed by atoms with E-state index in [-0.39, 0.29) is 12.1 Å². The van der Waals surface area contributed by atoms with E-state index >= 15 is 0 Å². The van der Waals surface area contributed by atoms with E-state index < -0.39 is 0 Å². The summed E-state index contributed by atoms with van der Waals surface area (Å²) in [5.41, 5.74) is 5.84. The molecule has 0 bridgehead atoms. The molecule has 0 radical (unpaired) electrons. The molecule has 0 spiro atoms. The van der Waals surface area contributed by atoms with Crippen LogP contribution in [0.5, 0.6) is 0 Å². The van der Waals surface area contributed by atoms with Gasteiger partial charge in [-0.1, -0.05) is 13.8 Å². The first-order valence-electron chi connectivity index (χ1n) is 5.70. The number of piperidine rings is 1. The number of carbonyl (C=O) groups excluding carboxylic acids is 1. The summed E-state index contributed by atoms with van der Waals surface area (Å²) in [6, 6.07) is 0.0934. The van der Waals surface area contributed by atoms with E-state index in [9.17, 15) is 4.79 Å². The molecule has 4 heteroatoms. The van der Waals surface area contributed by atoms with Crippen molar-refractivity contribution in [1.82, 2.24) is 10.2 Å². The number of amides is 2. The number of hydrogen-bond acceptors (Lipinski definition) is 2. The van der Waals surface area contributed by atoms with Crippen molar-refractivity contribution in [2.75, 3.05) is 19.6 Å². The highest BCUT2D eigenvalue weighted by molar-refractivity contribution is 5.74. The van der Waals surface area contributed by atoms with Gasteiger partial charge in [0.15, 0.2) is 0 Å². The lowest BCUT2D eigenvalue weighted by atomic mass is 9.83. The van der Waals surface area contributed by atoms with Gasteiger partial charge in [0.2, 0.25) is 0 Å². The lowest BCUT2D eigenvalue weighted by Crippen LogP contribution is -2.49. The molecule has 1 rings (SSSR count). The fourth-order valence-corrected chi connectivity index (χ4v) is 1.68. The Labute approximate surface area is 92.2 Å². The van der Waals surface area contributed by atoms with Gasteiger partial charge in [-0.05, 0) is 25.2 Å². The topological polar surface area (TPSA) is 58.4 Å². The first-order chi connectivity index (χ1) is 6.94. The molecule has 0 saturated carbocycles. The van der Waals surface area contributed by atoms with E-state index in [4.69, 9.17) is 5.73 Å². The van der Waals surface area contributed by atoms with Gasteiger partial charge in [-0.2, -0.15) is 0 Å². The monoisotopic (exact) mass is 213 g/mol. The summed E-state index contributed by atoms with van der Waals surface area (Å²) in [4.78, 5) is 13.6. The van der Waals surface area contributed by atoms with Gasteiger partial charge in [-0.15, -0.1) is 0 Å². The highest BCUT2D eigenvalue weighted by atomic mass is 16.2. The fraction of sp³-hybridized carbons (Fsp3) is 0.909. The fourth-order valence-electron chi connectivity index (χ4n) is 1.68. The predicted molar refractivity (Wildman–Crippen MR) is 61.6 cm³/mol. The van der Waals surface area contributed by atoms with Crippen LogP contribution >= 0.6 is 0 Å². The highest BCUT2D eigenvalue weighted by Crippen LogP contribution is 2.29. The molecule has 1 unspecified atom stereocenters. The quantitative estimate of drug-likeness (QED) is 0.723. The Morgan fingerprint density at radius 1 is 1.47 bits per heavy atom. The Bertz CT molecular complexity index is 218. The zero-order valence-electron chi connectivity index (χ0n) is 10.0. The van der Waals surface area contributed by atoms with Gasteiger partial charge >= 0.3 is 6.03 Å². The minimum absolute atomic E-state index is 0.0310. The minimum atomic E-state index is 0.0310. The molecule has 0 aromatic heterocycles. The van der Waals surface area contributed by atoms with Gasteiger partial charge in [0.05, 0.1) is 0 Å². The number of nitrogens with two attached hydrogens (primary N) is 1. The first-order valence-corrected chi connectivity index (χ1v) is 5.70. The van der Waals surface area contributed by atoms with Crippen molar-refractivity contribution in [2.24, 2.45) is 11.1 Å². The van der Waals surface area contributed by atoms with Crippen LogP contribution in [0.3, 0.4) is 0 Å². The maximum atomic E-state index is 11.7. The van der Waals surface area contributed by atoms with Crippen LogP contribution in [0.15, 0.2) is 0 Å². The smallest absolute Gasteiger partial charge is 0.317 e. The third kappa shape index (κ3) is 3.70. The molecule has 1 aliphatic heterocycles. The molecule has 1 heterocycles. The van der Waals surface area contributed by atoms with Crippen molar-refractivity contribution in [3.8, 4) is 0 Å². The average molecular weight is 213 g/mol. The van der Waals surface area contributed by atoms with E-state index in [1.165, 1.54) is 0 Å². The average Bonchev–Trinajstić information content (AvgIpc) is 2.17. The molecule has 1 atom stereocenters. The number of carbonyl (C=O) groups is 1. The maximum Gasteiger partial charge on any atom is 0.317 e. The lowest BCUT2D eigenvalue weighted by Gasteiger charge is -2.37. The lowest BCUT2D eigenvalue weighted by molar-refractivity contribution is 0.138. The first kappa shape index (κ1) is 12.3. The summed E-state index contributed by atoms with van der Waals surface area (Å²) >= 11 is 0. The van der Waals surface area contributed by atoms with Crippen LogP contribution in [0, 0.1) is 5.41 Å². The number of nitrogens with zero attached hydrogens (tertiary/aromatic N) is 1. The third-order valence-corrected chi connectivity index (χ3v) is 3.13. The van der Waals surface area contributed by atoms with Gasteiger partial charge in [0.25, 0.3) is 0 Å². The van der Waals surface area contributed by atoms with Crippen LogP contribution in [0.1, 0.15) is 33.6 Å². The second kappa shape index (κ2) is 4.84. The second-order valence-electron chi connectivity index (χ2n) is 5.24.